The van der Waals surface area contributed by atoms with Crippen molar-refractivity contribution in [1.29, 1.82) is 0 Å². The summed E-state index contributed by atoms with van der Waals surface area (Å²) >= 11 is 0. The Hall–Kier alpha value is -2.80. The van der Waals surface area contributed by atoms with E-state index in [4.69, 9.17) is 0 Å². The second-order valence-corrected chi connectivity index (χ2v) is 6.53. The van der Waals surface area contributed by atoms with E-state index in [1.165, 1.54) is 6.07 Å². The third-order valence-electron chi connectivity index (χ3n) is 4.71. The molecule has 7 heteroatoms. The summed E-state index contributed by atoms with van der Waals surface area (Å²) in [5.41, 5.74) is 0.776. The zero-order chi connectivity index (χ0) is 18.7. The third kappa shape index (κ3) is 3.88. The number of hydrogen-bond acceptors (Lipinski definition) is 5. The van der Waals surface area contributed by atoms with Crippen LogP contribution < -0.4 is 5.32 Å². The predicted octanol–water partition coefficient (Wildman–Crippen LogP) is 4.00. The molecule has 26 heavy (non-hydrogen) atoms. The molecule has 1 N–H and O–H groups in total. The Kier molecular flexibility index (Phi) is 5.27. The van der Waals surface area contributed by atoms with Crippen LogP contribution in [0.1, 0.15) is 23.2 Å². The summed E-state index contributed by atoms with van der Waals surface area (Å²) < 4.78 is 13.3. The van der Waals surface area contributed by atoms with E-state index in [2.05, 4.69) is 10.2 Å². The molecule has 6 nitrogen and oxygen atoms in total. The van der Waals surface area contributed by atoms with Crippen LogP contribution in [0.3, 0.4) is 0 Å². The van der Waals surface area contributed by atoms with Crippen molar-refractivity contribution in [2.24, 2.45) is 5.92 Å². The van der Waals surface area contributed by atoms with Crippen LogP contribution in [0.4, 0.5) is 21.5 Å². The van der Waals surface area contributed by atoms with Crippen molar-refractivity contribution >= 4 is 22.8 Å². The van der Waals surface area contributed by atoms with Gasteiger partial charge in [-0.15, -0.1) is 0 Å². The number of rotatable bonds is 5. The van der Waals surface area contributed by atoms with Gasteiger partial charge in [-0.2, -0.15) is 0 Å². The molecule has 2 aromatic rings. The number of piperidine rings is 1. The van der Waals surface area contributed by atoms with E-state index in [0.29, 0.717) is 11.3 Å². The van der Waals surface area contributed by atoms with Gasteiger partial charge in [0.1, 0.15) is 11.5 Å². The number of Topliss-reactive ketones (excluding diaryl/α,β-unsaturated/α-hetero) is 1. The van der Waals surface area contributed by atoms with Gasteiger partial charge in [-0.05, 0) is 57.2 Å². The number of nitro benzene ring substituents is 1. The molecule has 0 atom stereocenters. The molecule has 2 aromatic carbocycles. The normalized spacial score (nSPS) is 15.6. The summed E-state index contributed by atoms with van der Waals surface area (Å²) in [6.45, 7) is 1.74. The standard InChI is InChI=1S/C19H20FN3O3/c1-22-10-8-13(9-11-22)19(24)15-4-2-3-5-16(15)21-17-7-6-14(20)12-18(17)23(25)26/h2-7,12-13,21H,8-11H2,1H3. The number of halogens is 1. The SMILES string of the molecule is CN1CCC(C(=O)c2ccccc2Nc2ccc(F)cc2[N+](=O)[O-])CC1. The van der Waals surface area contributed by atoms with Crippen LogP contribution in [-0.2, 0) is 0 Å². The molecular weight excluding hydrogens is 337 g/mol. The summed E-state index contributed by atoms with van der Waals surface area (Å²) in [7, 11) is 2.03. The summed E-state index contributed by atoms with van der Waals surface area (Å²) in [5, 5.41) is 14.1. The molecule has 0 radical (unpaired) electrons. The van der Waals surface area contributed by atoms with E-state index >= 15 is 0 Å². The predicted molar refractivity (Wildman–Crippen MR) is 97.3 cm³/mol. The van der Waals surface area contributed by atoms with Crippen molar-refractivity contribution in [2.45, 2.75) is 12.8 Å². The largest absolute Gasteiger partial charge is 0.349 e. The maximum Gasteiger partial charge on any atom is 0.295 e. The molecule has 0 spiro atoms. The molecule has 1 aliphatic rings. The van der Waals surface area contributed by atoms with Gasteiger partial charge in [0.25, 0.3) is 5.69 Å². The van der Waals surface area contributed by atoms with Crippen molar-refractivity contribution in [1.82, 2.24) is 4.90 Å². The zero-order valence-corrected chi connectivity index (χ0v) is 14.4. The monoisotopic (exact) mass is 357 g/mol. The van der Waals surface area contributed by atoms with Crippen molar-refractivity contribution in [2.75, 3.05) is 25.5 Å². The number of ketones is 1. The number of carbonyl (C=O) groups is 1. The van der Waals surface area contributed by atoms with Gasteiger partial charge >= 0.3 is 0 Å². The summed E-state index contributed by atoms with van der Waals surface area (Å²) in [4.78, 5) is 25.7. The van der Waals surface area contributed by atoms with E-state index in [1.54, 1.807) is 24.3 Å². The number of hydrogen-bond donors (Lipinski definition) is 1. The molecule has 0 amide bonds. The molecule has 136 valence electrons. The van der Waals surface area contributed by atoms with Crippen LogP contribution in [-0.4, -0.2) is 35.7 Å². The van der Waals surface area contributed by atoms with Crippen LogP contribution in [0.5, 0.6) is 0 Å². The van der Waals surface area contributed by atoms with Gasteiger partial charge in [0.05, 0.1) is 11.0 Å². The molecule has 3 rings (SSSR count). The number of carbonyl (C=O) groups excluding carboxylic acids is 1. The fourth-order valence-corrected chi connectivity index (χ4v) is 3.20. The molecule has 0 bridgehead atoms. The second-order valence-electron chi connectivity index (χ2n) is 6.53. The van der Waals surface area contributed by atoms with Crippen LogP contribution in [0.25, 0.3) is 0 Å². The van der Waals surface area contributed by atoms with E-state index in [0.717, 1.165) is 38.1 Å². The van der Waals surface area contributed by atoms with Gasteiger partial charge < -0.3 is 10.2 Å². The number of benzene rings is 2. The highest BCUT2D eigenvalue weighted by Gasteiger charge is 2.26. The number of nitrogens with one attached hydrogen (secondary N) is 1. The second kappa shape index (κ2) is 7.61. The van der Waals surface area contributed by atoms with Crippen LogP contribution in [0.2, 0.25) is 0 Å². The molecule has 1 fully saturated rings. The third-order valence-corrected chi connectivity index (χ3v) is 4.71. The number of likely N-dealkylation sites (tertiary alicyclic amines) is 1. The Balaban J connectivity index is 1.89. The molecular formula is C19H20FN3O3. The van der Waals surface area contributed by atoms with E-state index < -0.39 is 10.7 Å². The first-order chi connectivity index (χ1) is 12.5. The lowest BCUT2D eigenvalue weighted by Crippen LogP contribution is -2.33. The zero-order valence-electron chi connectivity index (χ0n) is 14.4. The lowest BCUT2D eigenvalue weighted by atomic mass is 9.88. The van der Waals surface area contributed by atoms with Crippen LogP contribution >= 0.6 is 0 Å². The first-order valence-corrected chi connectivity index (χ1v) is 8.48. The van der Waals surface area contributed by atoms with Crippen molar-refractivity contribution in [3.05, 3.63) is 64.0 Å². The Morgan fingerprint density at radius 3 is 2.58 bits per heavy atom. The maximum absolute atomic E-state index is 13.3. The molecule has 0 aromatic heterocycles. The molecule has 1 aliphatic heterocycles. The number of anilines is 2. The van der Waals surface area contributed by atoms with Gasteiger partial charge in [0.15, 0.2) is 5.78 Å². The first kappa shape index (κ1) is 18.0. The Bertz CT molecular complexity index is 833. The van der Waals surface area contributed by atoms with E-state index in [1.807, 2.05) is 7.05 Å². The molecule has 1 heterocycles. The fraction of sp³-hybridized carbons (Fsp3) is 0.316. The van der Waals surface area contributed by atoms with Crippen molar-refractivity contribution in [3.63, 3.8) is 0 Å². The Morgan fingerprint density at radius 1 is 1.19 bits per heavy atom. The van der Waals surface area contributed by atoms with Gasteiger partial charge in [0, 0.05) is 17.2 Å². The molecule has 1 saturated heterocycles. The lowest BCUT2D eigenvalue weighted by Gasteiger charge is -2.28. The minimum atomic E-state index is -0.682. The van der Waals surface area contributed by atoms with Gasteiger partial charge in [-0.1, -0.05) is 12.1 Å². The highest BCUT2D eigenvalue weighted by molar-refractivity contribution is 6.03. The quantitative estimate of drug-likeness (QED) is 0.497. The average molecular weight is 357 g/mol. The number of nitro groups is 1. The number of para-hydroxylation sites is 1. The topological polar surface area (TPSA) is 75.5 Å². The maximum atomic E-state index is 13.3. The smallest absolute Gasteiger partial charge is 0.295 e. The fourth-order valence-electron chi connectivity index (χ4n) is 3.20. The summed E-state index contributed by atoms with van der Waals surface area (Å²) in [6.07, 6.45) is 1.58. The van der Waals surface area contributed by atoms with Gasteiger partial charge in [-0.3, -0.25) is 14.9 Å². The van der Waals surface area contributed by atoms with Crippen LogP contribution in [0, 0.1) is 21.8 Å². The van der Waals surface area contributed by atoms with E-state index in [-0.39, 0.29) is 23.1 Å². The minimum Gasteiger partial charge on any atom is -0.349 e. The minimum absolute atomic E-state index is 0.0333. The highest BCUT2D eigenvalue weighted by atomic mass is 19.1. The lowest BCUT2D eigenvalue weighted by molar-refractivity contribution is -0.384. The Labute approximate surface area is 150 Å². The average Bonchev–Trinajstić information content (AvgIpc) is 2.63. The van der Waals surface area contributed by atoms with Crippen LogP contribution in [0.15, 0.2) is 42.5 Å². The molecule has 0 unspecified atom stereocenters. The summed E-state index contributed by atoms with van der Waals surface area (Å²) in [5.74, 6) is -0.707. The first-order valence-electron chi connectivity index (χ1n) is 8.48. The van der Waals surface area contributed by atoms with Gasteiger partial charge in [-0.25, -0.2) is 4.39 Å². The van der Waals surface area contributed by atoms with Gasteiger partial charge in [0.2, 0.25) is 0 Å². The highest BCUT2D eigenvalue weighted by Crippen LogP contribution is 2.31. The molecule has 0 aliphatic carbocycles. The van der Waals surface area contributed by atoms with Crippen molar-refractivity contribution < 1.29 is 14.1 Å². The summed E-state index contributed by atoms with van der Waals surface area (Å²) in [6, 6.07) is 10.3. The Morgan fingerprint density at radius 2 is 1.88 bits per heavy atom. The van der Waals surface area contributed by atoms with Crippen molar-refractivity contribution in [3.8, 4) is 0 Å². The molecule has 0 saturated carbocycles. The number of nitrogens with zero attached hydrogens (tertiary/aromatic N) is 2. The van der Waals surface area contributed by atoms with E-state index in [9.17, 15) is 19.3 Å².